The van der Waals surface area contributed by atoms with Gasteiger partial charge in [-0.15, -0.1) is 0 Å². The van der Waals surface area contributed by atoms with Gasteiger partial charge >= 0.3 is 0 Å². The molecule has 1 saturated heterocycles. The first-order chi connectivity index (χ1) is 14.0. The smallest absolute Gasteiger partial charge is 0.260 e. The largest absolute Gasteiger partial charge is 0.497 e. The van der Waals surface area contributed by atoms with Gasteiger partial charge in [0.2, 0.25) is 0 Å². The standard InChI is InChI=1S/C22H25N3O3S/c1-15-4-5-16(2)21-20(15)23-22(29-21)25-12-10-24(11-13-25)19(26)14-28-18-8-6-17(27-3)7-9-18/h4-9H,10-14H2,1-3H3. The van der Waals surface area contributed by atoms with Gasteiger partial charge in [0.05, 0.1) is 17.3 Å². The number of thiazole rings is 1. The molecule has 1 aromatic heterocycles. The van der Waals surface area contributed by atoms with Gasteiger partial charge in [-0.25, -0.2) is 4.98 Å². The molecule has 29 heavy (non-hydrogen) atoms. The summed E-state index contributed by atoms with van der Waals surface area (Å²) in [6, 6.07) is 11.5. The SMILES string of the molecule is COc1ccc(OCC(=O)N2CCN(c3nc4c(C)ccc(C)c4s3)CC2)cc1. The lowest BCUT2D eigenvalue weighted by Crippen LogP contribution is -2.50. The van der Waals surface area contributed by atoms with Gasteiger partial charge in [0.1, 0.15) is 11.5 Å². The van der Waals surface area contributed by atoms with Gasteiger partial charge in [-0.1, -0.05) is 23.5 Å². The molecule has 3 aromatic rings. The summed E-state index contributed by atoms with van der Waals surface area (Å²) >= 11 is 1.74. The number of aryl methyl sites for hydroxylation is 2. The van der Waals surface area contributed by atoms with E-state index in [0.29, 0.717) is 18.8 Å². The van der Waals surface area contributed by atoms with E-state index in [0.717, 1.165) is 29.5 Å². The van der Waals surface area contributed by atoms with Crippen LogP contribution < -0.4 is 14.4 Å². The van der Waals surface area contributed by atoms with E-state index in [1.165, 1.54) is 15.8 Å². The highest BCUT2D eigenvalue weighted by molar-refractivity contribution is 7.22. The maximum atomic E-state index is 12.5. The van der Waals surface area contributed by atoms with Gasteiger partial charge in [0.25, 0.3) is 5.91 Å². The molecule has 0 bridgehead atoms. The molecule has 6 nitrogen and oxygen atoms in total. The molecule has 1 amide bonds. The number of nitrogens with zero attached hydrogens (tertiary/aromatic N) is 3. The van der Waals surface area contributed by atoms with E-state index in [1.807, 2.05) is 17.0 Å². The summed E-state index contributed by atoms with van der Waals surface area (Å²) < 4.78 is 12.0. The van der Waals surface area contributed by atoms with Crippen molar-refractivity contribution < 1.29 is 14.3 Å². The van der Waals surface area contributed by atoms with E-state index < -0.39 is 0 Å². The Bertz CT molecular complexity index is 969. The molecule has 0 radical (unpaired) electrons. The molecule has 1 fully saturated rings. The molecule has 0 atom stereocenters. The fraction of sp³-hybridized carbons (Fsp3) is 0.364. The van der Waals surface area contributed by atoms with Crippen molar-refractivity contribution in [3.05, 3.63) is 47.5 Å². The minimum Gasteiger partial charge on any atom is -0.497 e. The number of hydrogen-bond donors (Lipinski definition) is 0. The van der Waals surface area contributed by atoms with Crippen molar-refractivity contribution in [2.45, 2.75) is 13.8 Å². The Hall–Kier alpha value is -2.80. The maximum Gasteiger partial charge on any atom is 0.260 e. The van der Waals surface area contributed by atoms with Crippen LogP contribution in [0, 0.1) is 13.8 Å². The average molecular weight is 412 g/mol. The quantitative estimate of drug-likeness (QED) is 0.642. The summed E-state index contributed by atoms with van der Waals surface area (Å²) in [7, 11) is 1.62. The molecule has 0 N–H and O–H groups in total. The first-order valence-electron chi connectivity index (χ1n) is 9.71. The molecule has 1 aliphatic rings. The lowest BCUT2D eigenvalue weighted by Gasteiger charge is -2.34. The second-order valence-corrected chi connectivity index (χ2v) is 8.18. The summed E-state index contributed by atoms with van der Waals surface area (Å²) in [4.78, 5) is 21.5. The fourth-order valence-electron chi connectivity index (χ4n) is 3.44. The van der Waals surface area contributed by atoms with Crippen molar-refractivity contribution >= 4 is 32.6 Å². The first kappa shape index (κ1) is 19.5. The zero-order valence-corrected chi connectivity index (χ0v) is 17.8. The number of rotatable bonds is 5. The summed E-state index contributed by atoms with van der Waals surface area (Å²) in [6.07, 6.45) is 0. The molecule has 7 heteroatoms. The van der Waals surface area contributed by atoms with Gasteiger partial charge < -0.3 is 19.3 Å². The van der Waals surface area contributed by atoms with Crippen LogP contribution in [-0.4, -0.2) is 55.7 Å². The monoisotopic (exact) mass is 411 g/mol. The van der Waals surface area contributed by atoms with Gasteiger partial charge in [-0.3, -0.25) is 4.79 Å². The highest BCUT2D eigenvalue weighted by Gasteiger charge is 2.24. The minimum atomic E-state index is 0.0106. The predicted octanol–water partition coefficient (Wildman–Crippen LogP) is 3.65. The van der Waals surface area contributed by atoms with Crippen LogP contribution in [-0.2, 0) is 4.79 Å². The second kappa shape index (κ2) is 8.29. The van der Waals surface area contributed by atoms with Crippen LogP contribution in [0.15, 0.2) is 36.4 Å². The van der Waals surface area contributed by atoms with Gasteiger partial charge in [-0.05, 0) is 49.2 Å². The van der Waals surface area contributed by atoms with E-state index in [9.17, 15) is 4.79 Å². The summed E-state index contributed by atoms with van der Waals surface area (Å²) in [5, 5.41) is 1.04. The molecule has 0 spiro atoms. The van der Waals surface area contributed by atoms with Crippen LogP contribution in [0.2, 0.25) is 0 Å². The van der Waals surface area contributed by atoms with Crippen LogP contribution >= 0.6 is 11.3 Å². The molecule has 1 aliphatic heterocycles. The van der Waals surface area contributed by atoms with Crippen LogP contribution in [0.25, 0.3) is 10.2 Å². The van der Waals surface area contributed by atoms with Crippen molar-refractivity contribution in [3.63, 3.8) is 0 Å². The zero-order chi connectivity index (χ0) is 20.4. The van der Waals surface area contributed by atoms with Crippen molar-refractivity contribution in [1.82, 2.24) is 9.88 Å². The number of amides is 1. The Morgan fingerprint density at radius 1 is 1.00 bits per heavy atom. The van der Waals surface area contributed by atoms with Gasteiger partial charge in [0, 0.05) is 26.2 Å². The fourth-order valence-corrected chi connectivity index (χ4v) is 4.60. The third-order valence-electron chi connectivity index (χ3n) is 5.26. The lowest BCUT2D eigenvalue weighted by molar-refractivity contribution is -0.133. The Morgan fingerprint density at radius 3 is 2.31 bits per heavy atom. The van der Waals surface area contributed by atoms with Crippen molar-refractivity contribution in [2.24, 2.45) is 0 Å². The van der Waals surface area contributed by atoms with Gasteiger partial charge in [0.15, 0.2) is 11.7 Å². The summed E-state index contributed by atoms with van der Waals surface area (Å²) in [5.74, 6) is 1.44. The number of hydrogen-bond acceptors (Lipinski definition) is 6. The third kappa shape index (κ3) is 4.15. The van der Waals surface area contributed by atoms with Crippen molar-refractivity contribution in [1.29, 1.82) is 0 Å². The maximum absolute atomic E-state index is 12.5. The predicted molar refractivity (Wildman–Crippen MR) is 116 cm³/mol. The van der Waals surface area contributed by atoms with E-state index in [2.05, 4.69) is 30.9 Å². The van der Waals surface area contributed by atoms with E-state index in [1.54, 1.807) is 30.6 Å². The Balaban J connectivity index is 1.33. The highest BCUT2D eigenvalue weighted by Crippen LogP contribution is 2.33. The van der Waals surface area contributed by atoms with Crippen LogP contribution in [0.3, 0.4) is 0 Å². The Labute approximate surface area is 174 Å². The highest BCUT2D eigenvalue weighted by atomic mass is 32.1. The lowest BCUT2D eigenvalue weighted by atomic mass is 10.1. The number of aromatic nitrogens is 1. The molecular weight excluding hydrogens is 386 g/mol. The van der Waals surface area contributed by atoms with Crippen LogP contribution in [0.4, 0.5) is 5.13 Å². The molecule has 2 aromatic carbocycles. The Kier molecular flexibility index (Phi) is 5.58. The number of benzene rings is 2. The minimum absolute atomic E-state index is 0.0106. The van der Waals surface area contributed by atoms with E-state index in [4.69, 9.17) is 14.5 Å². The van der Waals surface area contributed by atoms with Crippen molar-refractivity contribution in [3.8, 4) is 11.5 Å². The summed E-state index contributed by atoms with van der Waals surface area (Å²) in [5.41, 5.74) is 3.56. The number of carbonyl (C=O) groups is 1. The number of ether oxygens (including phenoxy) is 2. The molecule has 152 valence electrons. The number of anilines is 1. The van der Waals surface area contributed by atoms with Gasteiger partial charge in [-0.2, -0.15) is 0 Å². The molecule has 4 rings (SSSR count). The Morgan fingerprint density at radius 2 is 1.66 bits per heavy atom. The average Bonchev–Trinajstić information content (AvgIpc) is 3.22. The number of methoxy groups -OCH3 is 1. The first-order valence-corrected chi connectivity index (χ1v) is 10.5. The topological polar surface area (TPSA) is 54.9 Å². The zero-order valence-electron chi connectivity index (χ0n) is 17.0. The van der Waals surface area contributed by atoms with E-state index >= 15 is 0 Å². The molecule has 2 heterocycles. The van der Waals surface area contributed by atoms with Crippen molar-refractivity contribution in [2.75, 3.05) is 44.8 Å². The molecular formula is C22H25N3O3S. The third-order valence-corrected chi connectivity index (χ3v) is 6.51. The normalized spacial score (nSPS) is 14.3. The number of fused-ring (bicyclic) bond motifs is 1. The molecule has 0 aliphatic carbocycles. The van der Waals surface area contributed by atoms with Crippen LogP contribution in [0.5, 0.6) is 11.5 Å². The number of carbonyl (C=O) groups excluding carboxylic acids is 1. The summed E-state index contributed by atoms with van der Waals surface area (Å²) in [6.45, 7) is 7.20. The molecule has 0 saturated carbocycles. The van der Waals surface area contributed by atoms with Crippen LogP contribution in [0.1, 0.15) is 11.1 Å². The molecule has 0 unspecified atom stereocenters. The number of piperazine rings is 1. The second-order valence-electron chi connectivity index (χ2n) is 7.21. The van der Waals surface area contributed by atoms with E-state index in [-0.39, 0.29) is 12.5 Å².